The summed E-state index contributed by atoms with van der Waals surface area (Å²) in [6.07, 6.45) is 2.66. The van der Waals surface area contributed by atoms with Gasteiger partial charge in [0, 0.05) is 30.1 Å². The average Bonchev–Trinajstić information content (AvgIpc) is 3.64. The zero-order valence-corrected chi connectivity index (χ0v) is 23.9. The molecular formula is C32H38N2O4S. The van der Waals surface area contributed by atoms with Crippen molar-refractivity contribution in [2.45, 2.75) is 58.1 Å². The van der Waals surface area contributed by atoms with E-state index >= 15 is 0 Å². The fraction of sp³-hybridized carbons (Fsp3) is 0.438. The number of aryl methyl sites for hydroxylation is 1. The maximum Gasteiger partial charge on any atom is 0.254 e. The van der Waals surface area contributed by atoms with Gasteiger partial charge in [0.25, 0.3) is 5.91 Å². The molecule has 0 N–H and O–H groups in total. The molecule has 7 heteroatoms. The van der Waals surface area contributed by atoms with E-state index in [1.165, 1.54) is 10.4 Å². The molecule has 2 aliphatic rings. The summed E-state index contributed by atoms with van der Waals surface area (Å²) in [5.41, 5.74) is 4.10. The van der Waals surface area contributed by atoms with Crippen molar-refractivity contribution < 1.29 is 19.1 Å². The molecule has 0 aliphatic carbocycles. The Hall–Kier alpha value is -3.16. The standard InChI is InChI=1S/C32H38N2O4S/c1-22(2)24-10-12-26(13-11-24)38-21-29-28-15-18-39-30(28)14-16-34(29)31(35)20-33(19-27-5-4-17-37-27)32(36)25-8-6-23(3)7-9-25/h6-13,15,18,22,27,29H,4-5,14,16-17,19-21H2,1-3H3/t27-,29-/m0/s1. The Labute approximate surface area is 235 Å². The molecular weight excluding hydrogens is 508 g/mol. The minimum absolute atomic E-state index is 0.0195. The molecule has 39 heavy (non-hydrogen) atoms. The number of amides is 2. The second kappa shape index (κ2) is 12.3. The van der Waals surface area contributed by atoms with Gasteiger partial charge in [0.2, 0.25) is 5.91 Å². The van der Waals surface area contributed by atoms with Crippen LogP contribution in [0.2, 0.25) is 0 Å². The lowest BCUT2D eigenvalue weighted by molar-refractivity contribution is -0.135. The number of nitrogens with zero attached hydrogens (tertiary/aromatic N) is 2. The van der Waals surface area contributed by atoms with Gasteiger partial charge in [0.05, 0.1) is 12.1 Å². The molecule has 0 bridgehead atoms. The number of thiophene rings is 1. The van der Waals surface area contributed by atoms with Crippen LogP contribution in [0, 0.1) is 6.92 Å². The summed E-state index contributed by atoms with van der Waals surface area (Å²) in [4.78, 5) is 32.3. The Kier molecular flexibility index (Phi) is 8.68. The maximum absolute atomic E-state index is 13.9. The second-order valence-electron chi connectivity index (χ2n) is 10.9. The van der Waals surface area contributed by atoms with Gasteiger partial charge in [-0.05, 0) is 78.9 Å². The van der Waals surface area contributed by atoms with Gasteiger partial charge < -0.3 is 19.3 Å². The molecule has 0 radical (unpaired) electrons. The Morgan fingerprint density at radius 1 is 1.10 bits per heavy atom. The normalized spacial score (nSPS) is 18.7. The van der Waals surface area contributed by atoms with E-state index in [2.05, 4.69) is 37.4 Å². The van der Waals surface area contributed by atoms with Gasteiger partial charge in [0.1, 0.15) is 18.9 Å². The minimum atomic E-state index is -0.198. The molecule has 0 saturated carbocycles. The van der Waals surface area contributed by atoms with Crippen molar-refractivity contribution in [1.82, 2.24) is 9.80 Å². The van der Waals surface area contributed by atoms with E-state index in [-0.39, 0.29) is 30.5 Å². The largest absolute Gasteiger partial charge is 0.491 e. The molecule has 5 rings (SSSR count). The summed E-state index contributed by atoms with van der Waals surface area (Å²) in [6, 6.07) is 17.7. The molecule has 2 aliphatic heterocycles. The molecule has 1 fully saturated rings. The van der Waals surface area contributed by atoms with Crippen LogP contribution in [0.25, 0.3) is 0 Å². The van der Waals surface area contributed by atoms with Crippen molar-refractivity contribution in [1.29, 1.82) is 0 Å². The number of ether oxygens (including phenoxy) is 2. The molecule has 0 spiro atoms. The van der Waals surface area contributed by atoms with E-state index in [4.69, 9.17) is 9.47 Å². The SMILES string of the molecule is Cc1ccc(C(=O)N(CC(=O)N2CCc3sccc3[C@@H]2COc2ccc(C(C)C)cc2)C[C@@H]2CCCO2)cc1. The van der Waals surface area contributed by atoms with Gasteiger partial charge in [-0.15, -0.1) is 11.3 Å². The number of carbonyl (C=O) groups is 2. The third kappa shape index (κ3) is 6.53. The van der Waals surface area contributed by atoms with Crippen LogP contribution in [0.1, 0.15) is 70.6 Å². The zero-order chi connectivity index (χ0) is 27.4. The van der Waals surface area contributed by atoms with Crippen LogP contribution in [0.15, 0.2) is 60.0 Å². The van der Waals surface area contributed by atoms with Gasteiger partial charge in [-0.2, -0.15) is 0 Å². The molecule has 2 aromatic carbocycles. The van der Waals surface area contributed by atoms with Gasteiger partial charge in [-0.25, -0.2) is 0 Å². The van der Waals surface area contributed by atoms with Crippen molar-refractivity contribution in [2.24, 2.45) is 0 Å². The third-order valence-electron chi connectivity index (χ3n) is 7.73. The van der Waals surface area contributed by atoms with Crippen LogP contribution in [0.5, 0.6) is 5.75 Å². The lowest BCUT2D eigenvalue weighted by Crippen LogP contribution is -2.49. The number of rotatable bonds is 9. The molecule has 6 nitrogen and oxygen atoms in total. The molecule has 2 atom stereocenters. The first kappa shape index (κ1) is 27.4. The van der Waals surface area contributed by atoms with Gasteiger partial charge in [-0.1, -0.05) is 43.7 Å². The highest BCUT2D eigenvalue weighted by Crippen LogP contribution is 2.34. The maximum atomic E-state index is 13.9. The summed E-state index contributed by atoms with van der Waals surface area (Å²) >= 11 is 1.73. The first-order valence-corrected chi connectivity index (χ1v) is 14.8. The Morgan fingerprint density at radius 2 is 1.87 bits per heavy atom. The Morgan fingerprint density at radius 3 is 2.56 bits per heavy atom. The Bertz CT molecular complexity index is 1260. The fourth-order valence-electron chi connectivity index (χ4n) is 5.38. The van der Waals surface area contributed by atoms with Crippen LogP contribution in [0.4, 0.5) is 0 Å². The molecule has 3 heterocycles. The predicted molar refractivity (Wildman–Crippen MR) is 155 cm³/mol. The zero-order valence-electron chi connectivity index (χ0n) is 23.1. The minimum Gasteiger partial charge on any atom is -0.491 e. The summed E-state index contributed by atoms with van der Waals surface area (Å²) in [7, 11) is 0. The summed E-state index contributed by atoms with van der Waals surface area (Å²) < 4.78 is 12.1. The van der Waals surface area contributed by atoms with E-state index < -0.39 is 0 Å². The van der Waals surface area contributed by atoms with E-state index in [1.807, 2.05) is 48.2 Å². The highest BCUT2D eigenvalue weighted by Gasteiger charge is 2.34. The Balaban J connectivity index is 1.33. The van der Waals surface area contributed by atoms with Crippen LogP contribution in [0.3, 0.4) is 0 Å². The first-order valence-electron chi connectivity index (χ1n) is 13.9. The van der Waals surface area contributed by atoms with Crippen molar-refractivity contribution in [3.8, 4) is 5.75 Å². The molecule has 2 amide bonds. The highest BCUT2D eigenvalue weighted by molar-refractivity contribution is 7.10. The van der Waals surface area contributed by atoms with Crippen LogP contribution in [-0.4, -0.2) is 60.6 Å². The van der Waals surface area contributed by atoms with Crippen molar-refractivity contribution in [2.75, 3.05) is 32.8 Å². The second-order valence-corrected chi connectivity index (χ2v) is 11.9. The molecule has 0 unspecified atom stereocenters. The van der Waals surface area contributed by atoms with Crippen LogP contribution in [-0.2, 0) is 16.0 Å². The highest BCUT2D eigenvalue weighted by atomic mass is 32.1. The fourth-order valence-corrected chi connectivity index (χ4v) is 6.31. The summed E-state index contributed by atoms with van der Waals surface area (Å²) in [5, 5.41) is 2.09. The van der Waals surface area contributed by atoms with Gasteiger partial charge in [0.15, 0.2) is 0 Å². The van der Waals surface area contributed by atoms with Gasteiger partial charge >= 0.3 is 0 Å². The van der Waals surface area contributed by atoms with Gasteiger partial charge in [-0.3, -0.25) is 9.59 Å². The van der Waals surface area contributed by atoms with Crippen molar-refractivity contribution in [3.05, 3.63) is 87.1 Å². The van der Waals surface area contributed by atoms with Crippen LogP contribution >= 0.6 is 11.3 Å². The summed E-state index contributed by atoms with van der Waals surface area (Å²) in [6.45, 7) is 8.46. The predicted octanol–water partition coefficient (Wildman–Crippen LogP) is 6.01. The quantitative estimate of drug-likeness (QED) is 0.330. The smallest absolute Gasteiger partial charge is 0.254 e. The lowest BCUT2D eigenvalue weighted by Gasteiger charge is -2.37. The van der Waals surface area contributed by atoms with E-state index in [0.717, 1.165) is 36.1 Å². The van der Waals surface area contributed by atoms with Crippen molar-refractivity contribution in [3.63, 3.8) is 0 Å². The third-order valence-corrected chi connectivity index (χ3v) is 8.73. The van der Waals surface area contributed by atoms with Crippen LogP contribution < -0.4 is 4.74 Å². The lowest BCUT2D eigenvalue weighted by atomic mass is 10.00. The number of fused-ring (bicyclic) bond motifs is 1. The molecule has 3 aromatic rings. The molecule has 206 valence electrons. The number of hydrogen-bond donors (Lipinski definition) is 0. The number of carbonyl (C=O) groups excluding carboxylic acids is 2. The van der Waals surface area contributed by atoms with E-state index in [1.54, 1.807) is 16.2 Å². The topological polar surface area (TPSA) is 59.1 Å². The van der Waals surface area contributed by atoms with E-state index in [0.29, 0.717) is 37.8 Å². The monoisotopic (exact) mass is 546 g/mol. The van der Waals surface area contributed by atoms with Crippen molar-refractivity contribution >= 4 is 23.2 Å². The molecule has 1 saturated heterocycles. The molecule has 1 aromatic heterocycles. The first-order chi connectivity index (χ1) is 18.9. The summed E-state index contributed by atoms with van der Waals surface area (Å²) in [5.74, 6) is 1.06. The van der Waals surface area contributed by atoms with E-state index in [9.17, 15) is 9.59 Å². The average molecular weight is 547 g/mol. The number of benzene rings is 2. The number of hydrogen-bond acceptors (Lipinski definition) is 5.